The molecule has 3 aromatic heterocycles. The first-order valence-electron chi connectivity index (χ1n) is 11.7. The maximum atomic E-state index is 12.3. The highest BCUT2D eigenvalue weighted by Crippen LogP contribution is 2.17. The molecular weight excluding hydrogens is 404 g/mol. The summed E-state index contributed by atoms with van der Waals surface area (Å²) < 4.78 is 5.55. The third-order valence-electron chi connectivity index (χ3n) is 6.52. The Labute approximate surface area is 188 Å². The van der Waals surface area contributed by atoms with Gasteiger partial charge in [-0.05, 0) is 51.3 Å². The zero-order chi connectivity index (χ0) is 22.1. The van der Waals surface area contributed by atoms with Crippen molar-refractivity contribution in [3.05, 3.63) is 57.4 Å². The molecule has 9 nitrogen and oxygen atoms in total. The zero-order valence-electron chi connectivity index (χ0n) is 19.1. The molecule has 5 heterocycles. The van der Waals surface area contributed by atoms with Crippen LogP contribution in [0.3, 0.4) is 0 Å². The first-order valence-corrected chi connectivity index (χ1v) is 11.7. The molecule has 2 aliphatic heterocycles. The zero-order valence-corrected chi connectivity index (χ0v) is 19.1. The molecule has 2 aliphatic rings. The van der Waals surface area contributed by atoms with E-state index in [0.717, 1.165) is 63.6 Å². The molecule has 170 valence electrons. The normalized spacial score (nSPS) is 17.6. The van der Waals surface area contributed by atoms with Gasteiger partial charge in [0.15, 0.2) is 5.82 Å². The van der Waals surface area contributed by atoms with E-state index in [9.17, 15) is 4.79 Å². The number of hydrogen-bond donors (Lipinski definition) is 0. The van der Waals surface area contributed by atoms with Gasteiger partial charge in [0.05, 0.1) is 17.9 Å². The average Bonchev–Trinajstić information content (AvgIpc) is 3.35. The van der Waals surface area contributed by atoms with Gasteiger partial charge in [0.25, 0.3) is 5.56 Å². The summed E-state index contributed by atoms with van der Waals surface area (Å²) in [4.78, 5) is 17.2. The molecule has 5 rings (SSSR count). The van der Waals surface area contributed by atoms with Gasteiger partial charge >= 0.3 is 0 Å². The second-order valence-electron chi connectivity index (χ2n) is 9.02. The van der Waals surface area contributed by atoms with Crippen LogP contribution in [-0.4, -0.2) is 71.9 Å². The molecule has 1 saturated heterocycles. The second kappa shape index (κ2) is 8.99. The summed E-state index contributed by atoms with van der Waals surface area (Å²) in [6, 6.07) is 7.63. The molecule has 0 radical (unpaired) electrons. The van der Waals surface area contributed by atoms with Crippen LogP contribution in [0.15, 0.2) is 29.1 Å². The van der Waals surface area contributed by atoms with E-state index in [-0.39, 0.29) is 5.56 Å². The van der Waals surface area contributed by atoms with Crippen LogP contribution in [0.4, 0.5) is 0 Å². The molecule has 0 aliphatic carbocycles. The van der Waals surface area contributed by atoms with E-state index in [4.69, 9.17) is 5.10 Å². The van der Waals surface area contributed by atoms with Gasteiger partial charge in [-0.15, -0.1) is 5.10 Å². The van der Waals surface area contributed by atoms with Crippen LogP contribution in [0.1, 0.15) is 35.6 Å². The predicted molar refractivity (Wildman–Crippen MR) is 122 cm³/mol. The van der Waals surface area contributed by atoms with Crippen molar-refractivity contribution in [1.82, 2.24) is 39.1 Å². The van der Waals surface area contributed by atoms with Gasteiger partial charge in [-0.2, -0.15) is 10.2 Å². The molecule has 0 spiro atoms. The average molecular weight is 437 g/mol. The van der Waals surface area contributed by atoms with E-state index < -0.39 is 0 Å². The molecule has 1 fully saturated rings. The Kier molecular flexibility index (Phi) is 5.93. The molecule has 3 aromatic rings. The van der Waals surface area contributed by atoms with Crippen molar-refractivity contribution in [3.63, 3.8) is 0 Å². The summed E-state index contributed by atoms with van der Waals surface area (Å²) in [6.07, 6.45) is 3.69. The number of aryl methyl sites for hydroxylation is 4. The minimum absolute atomic E-state index is 0.0716. The van der Waals surface area contributed by atoms with Crippen LogP contribution in [0.25, 0.3) is 5.82 Å². The van der Waals surface area contributed by atoms with Crippen molar-refractivity contribution in [3.8, 4) is 5.82 Å². The van der Waals surface area contributed by atoms with Gasteiger partial charge in [0.1, 0.15) is 0 Å². The SMILES string of the molecule is Cc1cc(C)n(-c2ccc(=O)n(CCN3CCN(Cc4cc5n(n4)CCCC5)CC3)n2)n1. The van der Waals surface area contributed by atoms with Gasteiger partial charge in [0, 0.05) is 63.3 Å². The molecule has 0 saturated carbocycles. The van der Waals surface area contributed by atoms with Gasteiger partial charge in [0.2, 0.25) is 0 Å². The summed E-state index contributed by atoms with van der Waals surface area (Å²) in [5.74, 6) is 0.683. The third kappa shape index (κ3) is 4.54. The molecule has 9 heteroatoms. The highest BCUT2D eigenvalue weighted by Gasteiger charge is 2.19. The van der Waals surface area contributed by atoms with Crippen molar-refractivity contribution in [2.75, 3.05) is 32.7 Å². The van der Waals surface area contributed by atoms with Crippen molar-refractivity contribution in [2.45, 2.75) is 52.7 Å². The minimum atomic E-state index is -0.0716. The topological polar surface area (TPSA) is 77.0 Å². The Bertz CT molecular complexity index is 1110. The lowest BCUT2D eigenvalue weighted by Crippen LogP contribution is -2.47. The van der Waals surface area contributed by atoms with Crippen LogP contribution in [-0.2, 0) is 26.1 Å². The molecule has 0 bridgehead atoms. The number of aromatic nitrogens is 6. The van der Waals surface area contributed by atoms with Gasteiger partial charge < -0.3 is 0 Å². The Morgan fingerprint density at radius 3 is 2.44 bits per heavy atom. The molecule has 0 unspecified atom stereocenters. The summed E-state index contributed by atoms with van der Waals surface area (Å²) in [6.45, 7) is 11.4. The highest BCUT2D eigenvalue weighted by molar-refractivity contribution is 5.23. The molecule has 0 atom stereocenters. The van der Waals surface area contributed by atoms with E-state index >= 15 is 0 Å². The van der Waals surface area contributed by atoms with Gasteiger partial charge in [-0.1, -0.05) is 0 Å². The molecule has 0 amide bonds. The summed E-state index contributed by atoms with van der Waals surface area (Å²) >= 11 is 0. The quantitative estimate of drug-likeness (QED) is 0.581. The van der Waals surface area contributed by atoms with E-state index in [1.807, 2.05) is 19.9 Å². The molecule has 32 heavy (non-hydrogen) atoms. The summed E-state index contributed by atoms with van der Waals surface area (Å²) in [5, 5.41) is 13.8. The van der Waals surface area contributed by atoms with Gasteiger partial charge in [-0.3, -0.25) is 19.3 Å². The number of rotatable bonds is 6. The van der Waals surface area contributed by atoms with E-state index in [2.05, 4.69) is 30.7 Å². The lowest BCUT2D eigenvalue weighted by molar-refractivity contribution is 0.121. The van der Waals surface area contributed by atoms with Crippen molar-refractivity contribution in [1.29, 1.82) is 0 Å². The molecular formula is C23H32N8O. The second-order valence-corrected chi connectivity index (χ2v) is 9.02. The fourth-order valence-corrected chi connectivity index (χ4v) is 4.76. The van der Waals surface area contributed by atoms with E-state index in [1.54, 1.807) is 21.5 Å². The largest absolute Gasteiger partial charge is 0.299 e. The first-order chi connectivity index (χ1) is 15.5. The molecule has 0 aromatic carbocycles. The third-order valence-corrected chi connectivity index (χ3v) is 6.52. The number of hydrogen-bond acceptors (Lipinski definition) is 6. The van der Waals surface area contributed by atoms with Crippen molar-refractivity contribution < 1.29 is 0 Å². The number of fused-ring (bicyclic) bond motifs is 1. The fourth-order valence-electron chi connectivity index (χ4n) is 4.76. The molecule has 0 N–H and O–H groups in total. The lowest BCUT2D eigenvalue weighted by atomic mass is 10.1. The smallest absolute Gasteiger partial charge is 0.266 e. The first kappa shape index (κ1) is 21.1. The standard InChI is InChI=1S/C23H32N8O/c1-18-15-19(2)31(24-18)22-6-7-23(32)30(26-22)14-13-27-9-11-28(12-10-27)17-20-16-21-5-3-4-8-29(21)25-20/h6-7,15-16H,3-5,8-14,17H2,1-2H3. The Morgan fingerprint density at radius 1 is 0.875 bits per heavy atom. The minimum Gasteiger partial charge on any atom is -0.299 e. The summed E-state index contributed by atoms with van der Waals surface area (Å²) in [7, 11) is 0. The highest BCUT2D eigenvalue weighted by atomic mass is 16.1. The maximum absolute atomic E-state index is 12.3. The number of nitrogens with zero attached hydrogens (tertiary/aromatic N) is 8. The van der Waals surface area contributed by atoms with Crippen LogP contribution in [0.2, 0.25) is 0 Å². The van der Waals surface area contributed by atoms with Crippen LogP contribution >= 0.6 is 0 Å². The van der Waals surface area contributed by atoms with Crippen molar-refractivity contribution in [2.24, 2.45) is 0 Å². The maximum Gasteiger partial charge on any atom is 0.266 e. The fraction of sp³-hybridized carbons (Fsp3) is 0.565. The predicted octanol–water partition coefficient (Wildman–Crippen LogP) is 1.40. The van der Waals surface area contributed by atoms with Crippen LogP contribution in [0.5, 0.6) is 0 Å². The van der Waals surface area contributed by atoms with Crippen molar-refractivity contribution >= 4 is 0 Å². The van der Waals surface area contributed by atoms with Crippen LogP contribution < -0.4 is 5.56 Å². The Hall–Kier alpha value is -2.78. The number of piperazine rings is 1. The lowest BCUT2D eigenvalue weighted by Gasteiger charge is -2.34. The Morgan fingerprint density at radius 2 is 1.69 bits per heavy atom. The summed E-state index contributed by atoms with van der Waals surface area (Å²) in [5.41, 5.74) is 4.47. The van der Waals surface area contributed by atoms with Crippen LogP contribution in [0, 0.1) is 13.8 Å². The van der Waals surface area contributed by atoms with E-state index in [1.165, 1.54) is 24.2 Å². The van der Waals surface area contributed by atoms with E-state index in [0.29, 0.717) is 12.4 Å². The van der Waals surface area contributed by atoms with Gasteiger partial charge in [-0.25, -0.2) is 9.36 Å². The monoisotopic (exact) mass is 436 g/mol. The Balaban J connectivity index is 1.15.